The van der Waals surface area contributed by atoms with Crippen molar-refractivity contribution in [2.24, 2.45) is 28.5 Å². The van der Waals surface area contributed by atoms with Gasteiger partial charge in [-0.3, -0.25) is 0 Å². The monoisotopic (exact) mass is 1050 g/mol. The molecule has 0 aromatic heterocycles. The van der Waals surface area contributed by atoms with Crippen LogP contribution in [0.3, 0.4) is 0 Å². The van der Waals surface area contributed by atoms with E-state index in [1.807, 2.05) is 101 Å². The van der Waals surface area contributed by atoms with Gasteiger partial charge in [-0.1, -0.05) is 309 Å². The molecule has 0 bridgehead atoms. The number of rotatable bonds is 5. The maximum Gasteiger partial charge on any atom is 0.0680 e. The maximum atomic E-state index is 8.33. The zero-order valence-electron chi connectivity index (χ0n) is 61.5. The third-order valence-corrected chi connectivity index (χ3v) is 17.0. The number of benzene rings is 3. The van der Waals surface area contributed by atoms with Crippen molar-refractivity contribution < 1.29 is 5.48 Å². The molecule has 0 amide bonds. The molecule has 0 aliphatic heterocycles. The number of nitrogens with zero attached hydrogens (tertiary/aromatic N) is 1. The minimum Gasteiger partial charge on any atom is -0.198 e. The van der Waals surface area contributed by atoms with E-state index in [4.69, 9.17) is 10.7 Å². The van der Waals surface area contributed by atoms with E-state index in [9.17, 15) is 0 Å². The van der Waals surface area contributed by atoms with E-state index < -0.39 is 19.9 Å². The van der Waals surface area contributed by atoms with Gasteiger partial charge in [0.2, 0.25) is 0 Å². The molecule has 0 fully saturated rings. The third-order valence-electron chi connectivity index (χ3n) is 12.5. The van der Waals surface area contributed by atoms with Crippen LogP contribution < -0.4 is 0 Å². The Morgan fingerprint density at radius 1 is 0.432 bits per heavy atom. The first-order chi connectivity index (χ1) is 33.8. The zero-order chi connectivity index (χ0) is 64.2. The molecule has 0 saturated heterocycles. The van der Waals surface area contributed by atoms with Crippen molar-refractivity contribution >= 4 is 8.07 Å². The first kappa shape index (κ1) is 71.4. The summed E-state index contributed by atoms with van der Waals surface area (Å²) in [7, 11) is -0.859. The van der Waals surface area contributed by atoms with E-state index in [-0.39, 0.29) is 33.4 Å². The van der Waals surface area contributed by atoms with Crippen molar-refractivity contribution in [1.29, 1.82) is 5.26 Å². The van der Waals surface area contributed by atoms with Crippen LogP contribution in [-0.4, -0.2) is 8.07 Å². The summed E-state index contributed by atoms with van der Waals surface area (Å²) >= 11 is 0. The molecule has 3 rings (SSSR count). The van der Waals surface area contributed by atoms with Gasteiger partial charge in [-0.25, -0.2) is 0 Å². The molecule has 0 aliphatic carbocycles. The van der Waals surface area contributed by atoms with Crippen LogP contribution in [0.5, 0.6) is 0 Å². The van der Waals surface area contributed by atoms with E-state index in [1.165, 1.54) is 11.1 Å². The molecule has 3 aromatic carbocycles. The van der Waals surface area contributed by atoms with Gasteiger partial charge in [0, 0.05) is 19.0 Å². The quantitative estimate of drug-likeness (QED) is 0.234. The van der Waals surface area contributed by atoms with E-state index in [0.717, 1.165) is 22.6 Å². The van der Waals surface area contributed by atoms with Crippen molar-refractivity contribution in [3.05, 3.63) is 105 Å². The first-order valence-corrected chi connectivity index (χ1v) is 32.1. The average molecular weight is 1050 g/mol. The molecule has 0 atom stereocenters. The summed E-state index contributed by atoms with van der Waals surface area (Å²) in [5.41, 5.74) is 11.2. The zero-order valence-corrected chi connectivity index (χ0v) is 58.5. The molecule has 0 aliphatic rings. The van der Waals surface area contributed by atoms with E-state index in [0.29, 0.717) is 28.2 Å². The lowest BCUT2D eigenvalue weighted by atomic mass is 9.74. The summed E-state index contributed by atoms with van der Waals surface area (Å²) in [5.74, 6) is 0.778. The average Bonchev–Trinajstić information content (AvgIpc) is 3.17. The second-order valence-corrected chi connectivity index (χ2v) is 36.7. The second-order valence-electron chi connectivity index (χ2n) is 30.7. The summed E-state index contributed by atoms with van der Waals surface area (Å²) in [5, 5.41) is 8.73. The molecule has 0 heterocycles. The third kappa shape index (κ3) is 38.8. The molecule has 0 saturated carbocycles. The predicted octanol–water partition coefficient (Wildman–Crippen LogP) is 25.3. The fourth-order valence-electron chi connectivity index (χ4n) is 5.95. The van der Waals surface area contributed by atoms with Crippen molar-refractivity contribution in [3.63, 3.8) is 0 Å². The minimum atomic E-state index is -0.859. The molecule has 0 spiro atoms. The highest BCUT2D eigenvalue weighted by atomic mass is 28.3. The smallest absolute Gasteiger partial charge is 0.0680 e. The Kier molecular flexibility index (Phi) is 33.7. The highest BCUT2D eigenvalue weighted by Gasteiger charge is 2.29. The molecule has 0 radical (unpaired) electrons. The lowest BCUT2D eigenvalue weighted by Crippen LogP contribution is -2.32. The number of hydrogen-bond donors (Lipinski definition) is 0. The summed E-state index contributed by atoms with van der Waals surface area (Å²) < 4.78 is 31.2. The molecule has 1 nitrogen and oxygen atoms in total. The summed E-state index contributed by atoms with van der Waals surface area (Å²) in [6.45, 7) is 83.8. The Balaban J connectivity index is -0.000000276. The summed E-state index contributed by atoms with van der Waals surface area (Å²) in [4.78, 5) is 0. The van der Waals surface area contributed by atoms with Gasteiger partial charge in [-0.05, 0) is 139 Å². The highest BCUT2D eigenvalue weighted by molar-refractivity contribution is 6.78. The van der Waals surface area contributed by atoms with Gasteiger partial charge in [0.15, 0.2) is 0 Å². The Labute approximate surface area is 476 Å². The lowest BCUT2D eigenvalue weighted by Gasteiger charge is -2.32. The number of nitriles is 1. The molecule has 432 valence electrons. The Morgan fingerprint density at radius 3 is 0.838 bits per heavy atom. The van der Waals surface area contributed by atoms with Gasteiger partial charge in [0.25, 0.3) is 0 Å². The van der Waals surface area contributed by atoms with Crippen LogP contribution in [0.1, 0.15) is 329 Å². The minimum absolute atomic E-state index is 0.0530. The molecule has 2 heteroatoms. The topological polar surface area (TPSA) is 23.8 Å². The van der Waals surface area contributed by atoms with Crippen LogP contribution in [0.25, 0.3) is 0 Å². The van der Waals surface area contributed by atoms with Gasteiger partial charge in [0.05, 0.1) is 6.07 Å². The van der Waals surface area contributed by atoms with Gasteiger partial charge < -0.3 is 0 Å². The lowest BCUT2D eigenvalue weighted by molar-refractivity contribution is 0.283. The standard InChI is InChI=1S/C19H32.C16H26.C10H14.C7H18Si.C7H16.C5H9N.2C4H10/c1-12(2)15-10-16(13(3)4)18(19(7,8)9)17(11-15)14(5)6;1-11(2)13-9-8-10-14(12(3)4)15(13)16(5,6)7;1-10(2,3)9-7-5-4-6-8-9;1-7(2,3)8(4,5)6;1-6(2)7(3,4)5;1-5(2,3)4-6;2*1-4(2)3/h10-14H,1-9H3;8-12H,1-7H3;4-8H,1-3H3;1-6H3;6H,1-5H3;1-3H3;2*4H,1-3H3/i;11D,12D;;;6D;;4D;. The summed E-state index contributed by atoms with van der Waals surface area (Å²) in [6.07, 6.45) is 0. The number of hydrogen-bond acceptors (Lipinski definition) is 1. The first-order valence-electron chi connectivity index (χ1n) is 30.6. The predicted molar refractivity (Wildman–Crippen MR) is 349 cm³/mol. The molecule has 0 unspecified atom stereocenters. The SMILES string of the molecule is CC(C)(C)C#N.CC(C)(C)[Si](C)(C)C.CC(C)(C)c1ccccc1.CC(C)C.CC(C)c1cc(C(C)C)c(C(C)(C)C)c(C(C)C)c1.[2H]C(C)(C)C.[2H]C(C)(C)C(C)(C)C.[2H]C(C)(C)c1cccc(C([2H])(C)C)c1C(C)(C)C. The Hall–Kier alpha value is -2.63. The van der Waals surface area contributed by atoms with Crippen molar-refractivity contribution in [3.8, 4) is 6.07 Å². The van der Waals surface area contributed by atoms with Gasteiger partial charge >= 0.3 is 0 Å². The molecular formula is C72H135NSi. The van der Waals surface area contributed by atoms with E-state index in [2.05, 4.69) is 234 Å². The second kappa shape index (κ2) is 35.0. The van der Waals surface area contributed by atoms with Crippen LogP contribution in [0.2, 0.25) is 24.7 Å². The van der Waals surface area contributed by atoms with E-state index >= 15 is 0 Å². The van der Waals surface area contributed by atoms with Gasteiger partial charge in [-0.2, -0.15) is 5.26 Å². The van der Waals surface area contributed by atoms with E-state index in [1.54, 1.807) is 16.7 Å². The van der Waals surface area contributed by atoms with Crippen LogP contribution in [-0.2, 0) is 16.2 Å². The highest BCUT2D eigenvalue weighted by Crippen LogP contribution is 2.40. The Morgan fingerprint density at radius 2 is 0.689 bits per heavy atom. The maximum absolute atomic E-state index is 8.33. The van der Waals surface area contributed by atoms with Crippen LogP contribution >= 0.6 is 0 Å². The Bertz CT molecular complexity index is 1990. The molecule has 74 heavy (non-hydrogen) atoms. The van der Waals surface area contributed by atoms with Crippen molar-refractivity contribution in [2.45, 2.75) is 320 Å². The summed E-state index contributed by atoms with van der Waals surface area (Å²) in [6, 6.07) is 23.6. The molecule has 0 N–H and O–H groups in total. The van der Waals surface area contributed by atoms with Crippen LogP contribution in [0.4, 0.5) is 0 Å². The molecule has 3 aromatic rings. The van der Waals surface area contributed by atoms with Gasteiger partial charge in [0.1, 0.15) is 0 Å². The fourth-order valence-corrected chi connectivity index (χ4v) is 5.95. The fraction of sp³-hybridized carbons (Fsp3) is 0.736. The van der Waals surface area contributed by atoms with Crippen LogP contribution in [0.15, 0.2) is 60.7 Å². The van der Waals surface area contributed by atoms with Crippen molar-refractivity contribution in [2.75, 3.05) is 0 Å². The largest absolute Gasteiger partial charge is 0.198 e. The normalized spacial score (nSPS) is 13.5. The van der Waals surface area contributed by atoms with Crippen molar-refractivity contribution in [1.82, 2.24) is 0 Å². The van der Waals surface area contributed by atoms with Gasteiger partial charge in [-0.15, -0.1) is 0 Å². The molecular weight excluding hydrogens is 907 g/mol. The van der Waals surface area contributed by atoms with Crippen LogP contribution in [0, 0.1) is 39.9 Å².